The number of sulfone groups is 1. The summed E-state index contributed by atoms with van der Waals surface area (Å²) in [5, 5.41) is 0.0605. The average molecular weight is 347 g/mol. The molecule has 0 fully saturated rings. The van der Waals surface area contributed by atoms with Crippen molar-refractivity contribution >= 4 is 37.1 Å². The first-order valence-corrected chi connectivity index (χ1v) is 9.38. The third-order valence-electron chi connectivity index (χ3n) is 2.54. The third kappa shape index (κ3) is 3.93. The highest BCUT2D eigenvalue weighted by Gasteiger charge is 2.15. The first-order chi connectivity index (χ1) is 9.68. The van der Waals surface area contributed by atoms with E-state index in [0.717, 1.165) is 6.26 Å². The number of nitrogens with zero attached hydrogens (tertiary/aromatic N) is 1. The van der Waals surface area contributed by atoms with E-state index in [0.29, 0.717) is 0 Å². The predicted octanol–water partition coefficient (Wildman–Crippen LogP) is 1.94. The van der Waals surface area contributed by atoms with Crippen LogP contribution in [0.25, 0.3) is 0 Å². The monoisotopic (exact) mass is 346 g/mol. The summed E-state index contributed by atoms with van der Waals surface area (Å²) < 4.78 is 49.2. The number of hydrogen-bond donors (Lipinski definition) is 1. The molecule has 0 bridgehead atoms. The second-order valence-corrected chi connectivity index (χ2v) is 8.30. The lowest BCUT2D eigenvalue weighted by Gasteiger charge is -2.08. The van der Waals surface area contributed by atoms with Gasteiger partial charge in [-0.05, 0) is 36.4 Å². The molecule has 0 radical (unpaired) electrons. The third-order valence-corrected chi connectivity index (χ3v) is 5.26. The van der Waals surface area contributed by atoms with Crippen molar-refractivity contribution in [2.45, 2.75) is 9.79 Å². The molecule has 112 valence electrons. The Morgan fingerprint density at radius 1 is 1.00 bits per heavy atom. The van der Waals surface area contributed by atoms with E-state index in [2.05, 4.69) is 9.71 Å². The van der Waals surface area contributed by atoms with Crippen molar-refractivity contribution in [2.75, 3.05) is 11.0 Å². The Labute approximate surface area is 127 Å². The fourth-order valence-corrected chi connectivity index (χ4v) is 3.48. The maximum Gasteiger partial charge on any atom is 0.262 e. The first-order valence-electron chi connectivity index (χ1n) is 5.63. The molecule has 2 rings (SSSR count). The van der Waals surface area contributed by atoms with Gasteiger partial charge in [0.15, 0.2) is 9.84 Å². The molecular weight excluding hydrogens is 336 g/mol. The minimum Gasteiger partial charge on any atom is -0.280 e. The smallest absolute Gasteiger partial charge is 0.262 e. The summed E-state index contributed by atoms with van der Waals surface area (Å²) in [6.45, 7) is 0. The van der Waals surface area contributed by atoms with E-state index in [4.69, 9.17) is 11.6 Å². The van der Waals surface area contributed by atoms with Crippen LogP contribution in [0.5, 0.6) is 0 Å². The molecule has 0 aliphatic rings. The Bertz CT molecular complexity index is 862. The fourth-order valence-electron chi connectivity index (χ4n) is 1.54. The second-order valence-electron chi connectivity index (χ2n) is 4.22. The molecule has 0 unspecified atom stereocenters. The van der Waals surface area contributed by atoms with Crippen molar-refractivity contribution in [1.82, 2.24) is 4.98 Å². The molecule has 0 aliphatic heterocycles. The summed E-state index contributed by atoms with van der Waals surface area (Å²) in [4.78, 5) is 3.78. The molecule has 2 aromatic rings. The standard InChI is InChI=1S/C12H11ClN2O4S2/c1-20(16,17)10-4-2-9(3-5-10)15-21(18,19)11-6-7-14-12(13)8-11/h2-8,15H,1H3. The van der Waals surface area contributed by atoms with E-state index >= 15 is 0 Å². The lowest BCUT2D eigenvalue weighted by molar-refractivity contribution is 0.600. The molecule has 1 aromatic heterocycles. The lowest BCUT2D eigenvalue weighted by Crippen LogP contribution is -2.13. The first kappa shape index (κ1) is 15.7. The van der Waals surface area contributed by atoms with Crippen LogP contribution in [-0.4, -0.2) is 28.1 Å². The molecule has 1 aromatic carbocycles. The Balaban J connectivity index is 2.29. The highest BCUT2D eigenvalue weighted by Crippen LogP contribution is 2.19. The normalized spacial score (nSPS) is 12.1. The Morgan fingerprint density at radius 2 is 1.62 bits per heavy atom. The van der Waals surface area contributed by atoms with E-state index in [1.807, 2.05) is 0 Å². The Morgan fingerprint density at radius 3 is 2.14 bits per heavy atom. The second kappa shape index (κ2) is 5.63. The van der Waals surface area contributed by atoms with E-state index in [-0.39, 0.29) is 20.6 Å². The van der Waals surface area contributed by atoms with Gasteiger partial charge in [0.2, 0.25) is 0 Å². The zero-order chi connectivity index (χ0) is 15.7. The summed E-state index contributed by atoms with van der Waals surface area (Å²) >= 11 is 5.65. The predicted molar refractivity (Wildman–Crippen MR) is 79.6 cm³/mol. The van der Waals surface area contributed by atoms with E-state index < -0.39 is 19.9 Å². The number of sulfonamides is 1. The molecule has 9 heteroatoms. The Kier molecular flexibility index (Phi) is 4.22. The summed E-state index contributed by atoms with van der Waals surface area (Å²) in [5.74, 6) is 0. The van der Waals surface area contributed by atoms with Gasteiger partial charge in [-0.15, -0.1) is 0 Å². The minimum atomic E-state index is -3.81. The molecule has 0 saturated carbocycles. The van der Waals surface area contributed by atoms with Gasteiger partial charge < -0.3 is 0 Å². The largest absolute Gasteiger partial charge is 0.280 e. The van der Waals surface area contributed by atoms with Crippen LogP contribution in [0.3, 0.4) is 0 Å². The maximum absolute atomic E-state index is 12.1. The molecule has 0 saturated heterocycles. The number of benzene rings is 1. The highest BCUT2D eigenvalue weighted by atomic mass is 35.5. The summed E-state index contributed by atoms with van der Waals surface area (Å²) in [7, 11) is -7.13. The van der Waals surface area contributed by atoms with Crippen molar-refractivity contribution in [2.24, 2.45) is 0 Å². The number of rotatable bonds is 4. The van der Waals surface area contributed by atoms with Crippen LogP contribution in [0.15, 0.2) is 52.4 Å². The van der Waals surface area contributed by atoms with E-state index in [9.17, 15) is 16.8 Å². The van der Waals surface area contributed by atoms with Crippen LogP contribution >= 0.6 is 11.6 Å². The van der Waals surface area contributed by atoms with Crippen LogP contribution in [-0.2, 0) is 19.9 Å². The minimum absolute atomic E-state index is 0.0327. The molecule has 1 N–H and O–H groups in total. The number of hydrogen-bond acceptors (Lipinski definition) is 5. The zero-order valence-corrected chi connectivity index (χ0v) is 13.2. The number of pyridine rings is 1. The number of halogens is 1. The van der Waals surface area contributed by atoms with Crippen LogP contribution in [0.4, 0.5) is 5.69 Å². The number of anilines is 1. The molecule has 0 amide bonds. The summed E-state index contributed by atoms with van der Waals surface area (Å²) in [5.41, 5.74) is 0.246. The molecule has 0 atom stereocenters. The van der Waals surface area contributed by atoms with Gasteiger partial charge >= 0.3 is 0 Å². The van der Waals surface area contributed by atoms with E-state index in [1.165, 1.54) is 42.6 Å². The van der Waals surface area contributed by atoms with Crippen LogP contribution in [0.1, 0.15) is 0 Å². The summed E-state index contributed by atoms with van der Waals surface area (Å²) in [6, 6.07) is 7.92. The van der Waals surface area contributed by atoms with Gasteiger partial charge in [-0.2, -0.15) is 0 Å². The van der Waals surface area contributed by atoms with Crippen LogP contribution in [0, 0.1) is 0 Å². The zero-order valence-electron chi connectivity index (χ0n) is 10.8. The van der Waals surface area contributed by atoms with Crippen LogP contribution < -0.4 is 4.72 Å². The number of aromatic nitrogens is 1. The van der Waals surface area contributed by atoms with Crippen molar-refractivity contribution in [3.05, 3.63) is 47.7 Å². The van der Waals surface area contributed by atoms with Gasteiger partial charge in [0.1, 0.15) is 5.15 Å². The Hall–Kier alpha value is -1.64. The maximum atomic E-state index is 12.1. The molecule has 6 nitrogen and oxygen atoms in total. The molecule has 0 aliphatic carbocycles. The highest BCUT2D eigenvalue weighted by molar-refractivity contribution is 7.92. The summed E-state index contributed by atoms with van der Waals surface area (Å²) in [6.07, 6.45) is 2.36. The van der Waals surface area contributed by atoms with Gasteiger partial charge in [-0.3, -0.25) is 4.72 Å². The SMILES string of the molecule is CS(=O)(=O)c1ccc(NS(=O)(=O)c2ccnc(Cl)c2)cc1. The fraction of sp³-hybridized carbons (Fsp3) is 0.0833. The molecule has 21 heavy (non-hydrogen) atoms. The molecule has 1 heterocycles. The molecular formula is C12H11ClN2O4S2. The van der Waals surface area contributed by atoms with Gasteiger partial charge in [0.05, 0.1) is 9.79 Å². The van der Waals surface area contributed by atoms with Gasteiger partial charge in [0, 0.05) is 18.1 Å². The lowest BCUT2D eigenvalue weighted by atomic mass is 10.3. The molecule has 0 spiro atoms. The van der Waals surface area contributed by atoms with Gasteiger partial charge in [-0.1, -0.05) is 11.6 Å². The van der Waals surface area contributed by atoms with Crippen molar-refractivity contribution < 1.29 is 16.8 Å². The van der Waals surface area contributed by atoms with E-state index in [1.54, 1.807) is 0 Å². The quantitative estimate of drug-likeness (QED) is 0.854. The topological polar surface area (TPSA) is 93.2 Å². The van der Waals surface area contributed by atoms with Crippen molar-refractivity contribution in [3.63, 3.8) is 0 Å². The van der Waals surface area contributed by atoms with Crippen molar-refractivity contribution in [1.29, 1.82) is 0 Å². The van der Waals surface area contributed by atoms with Crippen LogP contribution in [0.2, 0.25) is 5.15 Å². The van der Waals surface area contributed by atoms with Gasteiger partial charge in [-0.25, -0.2) is 21.8 Å². The van der Waals surface area contributed by atoms with Crippen molar-refractivity contribution in [3.8, 4) is 0 Å². The van der Waals surface area contributed by atoms with Gasteiger partial charge in [0.25, 0.3) is 10.0 Å². The number of nitrogens with one attached hydrogen (secondary N) is 1. The average Bonchev–Trinajstić information content (AvgIpc) is 2.38.